The van der Waals surface area contributed by atoms with Gasteiger partial charge in [-0.2, -0.15) is 14.8 Å². The molecule has 0 N–H and O–H groups in total. The molecule has 8 nitrogen and oxygen atoms in total. The highest BCUT2D eigenvalue weighted by atomic mass is 16.5. The van der Waals surface area contributed by atoms with E-state index in [1.165, 1.54) is 28.1 Å². The Morgan fingerprint density at radius 2 is 2.15 bits per heavy atom. The third-order valence-electron chi connectivity index (χ3n) is 2.39. The molecule has 0 atom stereocenters. The molecule has 1 amide bonds. The summed E-state index contributed by atoms with van der Waals surface area (Å²) in [6, 6.07) is 1.63. The fourth-order valence-corrected chi connectivity index (χ4v) is 1.44. The lowest BCUT2D eigenvalue weighted by Crippen LogP contribution is -2.22. The molecule has 2 rings (SSSR count). The predicted molar refractivity (Wildman–Crippen MR) is 67.6 cm³/mol. The Bertz CT molecular complexity index is 629. The summed E-state index contributed by atoms with van der Waals surface area (Å²) in [6.45, 7) is 1.95. The number of carbonyl (C=O) groups excluding carboxylic acids is 2. The maximum atomic E-state index is 11.7. The molecule has 0 unspecified atom stereocenters. The summed E-state index contributed by atoms with van der Waals surface area (Å²) in [6.07, 6.45) is 2.71. The van der Waals surface area contributed by atoms with Crippen molar-refractivity contribution in [3.8, 4) is 6.01 Å². The number of ether oxygens (including phenoxy) is 1. The Labute approximate surface area is 114 Å². The summed E-state index contributed by atoms with van der Waals surface area (Å²) in [5.74, 6) is -0.805. The summed E-state index contributed by atoms with van der Waals surface area (Å²) >= 11 is 0. The zero-order valence-electron chi connectivity index (χ0n) is 11.4. The summed E-state index contributed by atoms with van der Waals surface area (Å²) < 4.78 is 11.2. The van der Waals surface area contributed by atoms with Gasteiger partial charge in [-0.05, 0) is 13.0 Å². The minimum absolute atomic E-state index is 0.0536. The van der Waals surface area contributed by atoms with E-state index in [1.807, 2.05) is 0 Å². The first-order chi connectivity index (χ1) is 9.52. The minimum Gasteiger partial charge on any atom is -0.461 e. The zero-order valence-corrected chi connectivity index (χ0v) is 11.4. The Morgan fingerprint density at radius 3 is 2.80 bits per heavy atom. The number of hydrogen-bond donors (Lipinski definition) is 0. The fourth-order valence-electron chi connectivity index (χ4n) is 1.44. The van der Waals surface area contributed by atoms with Gasteiger partial charge in [-0.1, -0.05) is 0 Å². The molecule has 2 aromatic heterocycles. The van der Waals surface area contributed by atoms with Gasteiger partial charge in [0.25, 0.3) is 5.91 Å². The highest BCUT2D eigenvalue weighted by Crippen LogP contribution is 2.09. The normalized spacial score (nSPS) is 10.3. The van der Waals surface area contributed by atoms with E-state index in [0.29, 0.717) is 0 Å². The molecule has 8 heteroatoms. The van der Waals surface area contributed by atoms with Crippen LogP contribution < -0.4 is 0 Å². The van der Waals surface area contributed by atoms with Crippen molar-refractivity contribution in [3.63, 3.8) is 0 Å². The summed E-state index contributed by atoms with van der Waals surface area (Å²) in [5.41, 5.74) is 0.309. The van der Waals surface area contributed by atoms with Gasteiger partial charge >= 0.3 is 12.0 Å². The van der Waals surface area contributed by atoms with Crippen molar-refractivity contribution in [1.29, 1.82) is 0 Å². The average Bonchev–Trinajstić information content (AvgIpc) is 3.06. The molecule has 2 aromatic rings. The minimum atomic E-state index is -0.570. The van der Waals surface area contributed by atoms with E-state index in [1.54, 1.807) is 21.0 Å². The van der Waals surface area contributed by atoms with Crippen LogP contribution in [0.25, 0.3) is 6.01 Å². The molecule has 0 aliphatic rings. The average molecular weight is 278 g/mol. The Kier molecular flexibility index (Phi) is 3.83. The SMILES string of the molecule is CCOC(=O)c1coc(-n2ccc(C(=O)N(C)C)n2)n1. The van der Waals surface area contributed by atoms with Crippen LogP contribution in [0.2, 0.25) is 0 Å². The molecule has 0 radical (unpaired) electrons. The zero-order chi connectivity index (χ0) is 14.7. The van der Waals surface area contributed by atoms with Crippen LogP contribution in [-0.4, -0.2) is 52.2 Å². The monoisotopic (exact) mass is 278 g/mol. The second-order valence-corrected chi connectivity index (χ2v) is 4.08. The molecule has 2 heterocycles. The molecule has 20 heavy (non-hydrogen) atoms. The van der Waals surface area contributed by atoms with Crippen molar-refractivity contribution in [2.45, 2.75) is 6.92 Å². The summed E-state index contributed by atoms with van der Waals surface area (Å²) in [7, 11) is 3.26. The Hall–Kier alpha value is -2.64. The van der Waals surface area contributed by atoms with E-state index >= 15 is 0 Å². The van der Waals surface area contributed by atoms with Crippen molar-refractivity contribution in [2.24, 2.45) is 0 Å². The first kappa shape index (κ1) is 13.8. The molecule has 106 valence electrons. The van der Waals surface area contributed by atoms with E-state index < -0.39 is 5.97 Å². The number of aromatic nitrogens is 3. The van der Waals surface area contributed by atoms with Crippen molar-refractivity contribution in [1.82, 2.24) is 19.7 Å². The van der Waals surface area contributed by atoms with E-state index in [2.05, 4.69) is 10.1 Å². The summed E-state index contributed by atoms with van der Waals surface area (Å²) in [4.78, 5) is 28.5. The van der Waals surface area contributed by atoms with Crippen LogP contribution in [0.1, 0.15) is 27.9 Å². The van der Waals surface area contributed by atoms with E-state index in [9.17, 15) is 9.59 Å². The standard InChI is InChI=1S/C12H14N4O4/c1-4-19-11(18)9-7-20-12(13-9)16-6-5-8(14-16)10(17)15(2)3/h5-7H,4H2,1-3H3. The van der Waals surface area contributed by atoms with Gasteiger partial charge in [0.1, 0.15) is 6.26 Å². The van der Waals surface area contributed by atoms with Gasteiger partial charge in [0.05, 0.1) is 6.61 Å². The van der Waals surface area contributed by atoms with Crippen molar-refractivity contribution >= 4 is 11.9 Å². The number of rotatable bonds is 4. The van der Waals surface area contributed by atoms with Gasteiger partial charge in [0.2, 0.25) is 0 Å². The van der Waals surface area contributed by atoms with E-state index in [4.69, 9.17) is 9.15 Å². The molecular weight excluding hydrogens is 264 g/mol. The number of carbonyl (C=O) groups is 2. The molecule has 0 saturated carbocycles. The van der Waals surface area contributed by atoms with Gasteiger partial charge in [0, 0.05) is 20.3 Å². The third kappa shape index (κ3) is 2.68. The van der Waals surface area contributed by atoms with Gasteiger partial charge in [-0.15, -0.1) is 0 Å². The highest BCUT2D eigenvalue weighted by Gasteiger charge is 2.17. The van der Waals surface area contributed by atoms with Crippen LogP contribution in [0.4, 0.5) is 0 Å². The molecule has 0 aromatic carbocycles. The smallest absolute Gasteiger partial charge is 0.360 e. The molecule has 0 saturated heterocycles. The van der Waals surface area contributed by atoms with Crippen molar-refractivity contribution in [2.75, 3.05) is 20.7 Å². The third-order valence-corrected chi connectivity index (χ3v) is 2.39. The highest BCUT2D eigenvalue weighted by molar-refractivity contribution is 5.91. The van der Waals surface area contributed by atoms with Crippen LogP contribution in [0.5, 0.6) is 0 Å². The Balaban J connectivity index is 2.21. The number of nitrogens with zero attached hydrogens (tertiary/aromatic N) is 4. The van der Waals surface area contributed by atoms with E-state index in [-0.39, 0.29) is 29.9 Å². The quantitative estimate of drug-likeness (QED) is 0.766. The predicted octanol–water partition coefficient (Wildman–Crippen LogP) is 0.739. The largest absolute Gasteiger partial charge is 0.461 e. The van der Waals surface area contributed by atoms with Gasteiger partial charge < -0.3 is 14.1 Å². The molecule has 0 fully saturated rings. The van der Waals surface area contributed by atoms with Crippen LogP contribution in [-0.2, 0) is 4.74 Å². The lowest BCUT2D eigenvalue weighted by atomic mass is 10.4. The first-order valence-electron chi connectivity index (χ1n) is 5.93. The first-order valence-corrected chi connectivity index (χ1v) is 5.93. The van der Waals surface area contributed by atoms with Gasteiger partial charge in [0.15, 0.2) is 11.4 Å². The van der Waals surface area contributed by atoms with Crippen molar-refractivity contribution in [3.05, 3.63) is 29.9 Å². The van der Waals surface area contributed by atoms with Crippen LogP contribution in [0.15, 0.2) is 22.9 Å². The lowest BCUT2D eigenvalue weighted by molar-refractivity contribution is 0.0519. The summed E-state index contributed by atoms with van der Waals surface area (Å²) in [5, 5.41) is 4.04. The number of amides is 1. The number of esters is 1. The molecule has 0 aliphatic heterocycles. The van der Waals surface area contributed by atoms with E-state index in [0.717, 1.165) is 0 Å². The molecule has 0 aliphatic carbocycles. The second kappa shape index (κ2) is 5.55. The lowest BCUT2D eigenvalue weighted by Gasteiger charge is -2.06. The Morgan fingerprint density at radius 1 is 1.40 bits per heavy atom. The van der Waals surface area contributed by atoms with Gasteiger partial charge in [-0.3, -0.25) is 4.79 Å². The maximum Gasteiger partial charge on any atom is 0.360 e. The molecule has 0 bridgehead atoms. The molecular formula is C12H14N4O4. The maximum absolute atomic E-state index is 11.7. The van der Waals surface area contributed by atoms with Gasteiger partial charge in [-0.25, -0.2) is 4.79 Å². The topological polar surface area (TPSA) is 90.5 Å². The fraction of sp³-hybridized carbons (Fsp3) is 0.333. The number of hydrogen-bond acceptors (Lipinski definition) is 6. The molecule has 0 spiro atoms. The second-order valence-electron chi connectivity index (χ2n) is 4.08. The van der Waals surface area contributed by atoms with Crippen LogP contribution in [0.3, 0.4) is 0 Å². The number of oxazole rings is 1. The van der Waals surface area contributed by atoms with Crippen LogP contribution in [0, 0.1) is 0 Å². The van der Waals surface area contributed by atoms with Crippen molar-refractivity contribution < 1.29 is 18.7 Å². The van der Waals surface area contributed by atoms with Crippen LogP contribution >= 0.6 is 0 Å².